The Hall–Kier alpha value is -6.25. The van der Waals surface area contributed by atoms with Crippen molar-refractivity contribution in [1.29, 1.82) is 0 Å². The number of hydrogen-bond acceptors (Lipinski definition) is 2. The van der Waals surface area contributed by atoms with Crippen LogP contribution >= 0.6 is 0 Å². The lowest BCUT2D eigenvalue weighted by Gasteiger charge is -2.45. The second-order valence-corrected chi connectivity index (χ2v) is 12.7. The summed E-state index contributed by atoms with van der Waals surface area (Å²) in [5.41, 5.74) is 16.2. The fourth-order valence-electron chi connectivity index (χ4n) is 8.35. The molecule has 0 saturated carbocycles. The van der Waals surface area contributed by atoms with Crippen molar-refractivity contribution in [3.8, 4) is 33.5 Å². The first-order valence-corrected chi connectivity index (χ1v) is 16.6. The Labute approximate surface area is 280 Å². The molecule has 2 aliphatic rings. The van der Waals surface area contributed by atoms with Crippen molar-refractivity contribution in [3.63, 3.8) is 0 Å². The highest BCUT2D eigenvalue weighted by Crippen LogP contribution is 2.65. The molecular formula is C46H30N2. The highest BCUT2D eigenvalue weighted by molar-refractivity contribution is 6.06. The van der Waals surface area contributed by atoms with Crippen LogP contribution in [-0.2, 0) is 5.41 Å². The molecule has 0 fully saturated rings. The molecule has 0 radical (unpaired) electrons. The van der Waals surface area contributed by atoms with Crippen molar-refractivity contribution in [1.82, 2.24) is 4.98 Å². The number of benzene rings is 7. The van der Waals surface area contributed by atoms with Crippen molar-refractivity contribution in [2.75, 3.05) is 4.90 Å². The van der Waals surface area contributed by atoms with Gasteiger partial charge in [0.25, 0.3) is 0 Å². The number of fused-ring (bicyclic) bond motifs is 11. The average molecular weight is 611 g/mol. The van der Waals surface area contributed by atoms with Gasteiger partial charge in [0.05, 0.1) is 28.0 Å². The number of anilines is 3. The zero-order chi connectivity index (χ0) is 31.7. The summed E-state index contributed by atoms with van der Waals surface area (Å²) >= 11 is 0. The number of rotatable bonds is 3. The quantitative estimate of drug-likeness (QED) is 0.198. The Balaban J connectivity index is 1.31. The molecule has 0 bridgehead atoms. The Morgan fingerprint density at radius 1 is 0.417 bits per heavy atom. The highest BCUT2D eigenvalue weighted by Gasteiger charge is 2.53. The molecule has 0 atom stereocenters. The topological polar surface area (TPSA) is 16.1 Å². The van der Waals surface area contributed by atoms with Gasteiger partial charge in [-0.15, -0.1) is 0 Å². The molecule has 0 N–H and O–H groups in total. The van der Waals surface area contributed by atoms with Crippen LogP contribution in [0.25, 0.3) is 44.4 Å². The van der Waals surface area contributed by atoms with Crippen LogP contribution in [0.1, 0.15) is 22.3 Å². The summed E-state index contributed by atoms with van der Waals surface area (Å²) in [6.45, 7) is 0. The van der Waals surface area contributed by atoms with E-state index in [1.165, 1.54) is 61.3 Å². The summed E-state index contributed by atoms with van der Waals surface area (Å²) in [6.07, 6.45) is 0. The molecule has 224 valence electrons. The maximum atomic E-state index is 5.39. The third-order valence-electron chi connectivity index (χ3n) is 10.2. The van der Waals surface area contributed by atoms with Gasteiger partial charge in [0.15, 0.2) is 0 Å². The van der Waals surface area contributed by atoms with Gasteiger partial charge in [-0.05, 0) is 69.3 Å². The summed E-state index contributed by atoms with van der Waals surface area (Å²) < 4.78 is 0. The molecule has 1 aliphatic heterocycles. The van der Waals surface area contributed by atoms with Crippen molar-refractivity contribution in [2.45, 2.75) is 5.41 Å². The summed E-state index contributed by atoms with van der Waals surface area (Å²) in [7, 11) is 0. The molecule has 2 heterocycles. The van der Waals surface area contributed by atoms with E-state index in [4.69, 9.17) is 4.98 Å². The van der Waals surface area contributed by atoms with Crippen molar-refractivity contribution >= 4 is 28.0 Å². The second-order valence-electron chi connectivity index (χ2n) is 12.7. The van der Waals surface area contributed by atoms with Gasteiger partial charge in [-0.25, -0.2) is 4.98 Å². The molecule has 1 aromatic heterocycles. The van der Waals surface area contributed by atoms with Gasteiger partial charge in [0.2, 0.25) is 0 Å². The van der Waals surface area contributed by atoms with Crippen LogP contribution in [0.3, 0.4) is 0 Å². The molecule has 0 amide bonds. The van der Waals surface area contributed by atoms with E-state index in [1.807, 2.05) is 0 Å². The summed E-state index contributed by atoms with van der Waals surface area (Å²) in [6, 6.07) is 66.0. The normalized spacial score (nSPS) is 13.5. The molecule has 1 aliphatic carbocycles. The Kier molecular flexibility index (Phi) is 5.82. The average Bonchev–Trinajstić information content (AvgIpc) is 3.47. The number of nitrogens with zero attached hydrogens (tertiary/aromatic N) is 2. The Morgan fingerprint density at radius 3 is 1.62 bits per heavy atom. The third-order valence-corrected chi connectivity index (χ3v) is 10.2. The number of para-hydroxylation sites is 3. The minimum atomic E-state index is -0.550. The third kappa shape index (κ3) is 3.66. The summed E-state index contributed by atoms with van der Waals surface area (Å²) in [4.78, 5) is 7.84. The number of aromatic nitrogens is 1. The first-order valence-electron chi connectivity index (χ1n) is 16.6. The van der Waals surface area contributed by atoms with E-state index in [1.54, 1.807) is 0 Å². The lowest BCUT2D eigenvalue weighted by Crippen LogP contribution is -2.36. The molecule has 2 heteroatoms. The Morgan fingerprint density at radius 2 is 0.938 bits per heavy atom. The lowest BCUT2D eigenvalue weighted by molar-refractivity contribution is 0.758. The standard InChI is InChI=1S/C46H30N2/c1-3-15-31(16-4-1)32-27-29-34(30-28-32)48-41-25-13-10-22-38(41)46(39-23-11-14-26-42(39)48)37-21-9-7-19-35(37)43-44(46)36-20-8-12-24-40(36)47-45(43)33-17-5-2-6-18-33/h1-30H. The minimum Gasteiger partial charge on any atom is -0.310 e. The van der Waals surface area contributed by atoms with Crippen molar-refractivity contribution in [3.05, 3.63) is 204 Å². The van der Waals surface area contributed by atoms with E-state index in [0.29, 0.717) is 0 Å². The van der Waals surface area contributed by atoms with Gasteiger partial charge >= 0.3 is 0 Å². The van der Waals surface area contributed by atoms with E-state index in [0.717, 1.165) is 22.5 Å². The lowest BCUT2D eigenvalue weighted by atomic mass is 9.64. The molecule has 1 spiro atoms. The predicted octanol–water partition coefficient (Wildman–Crippen LogP) is 11.7. The fraction of sp³-hybridized carbons (Fsp3) is 0.0217. The molecule has 0 unspecified atom stereocenters. The molecule has 0 saturated heterocycles. The minimum absolute atomic E-state index is 0.550. The molecular weight excluding hydrogens is 581 g/mol. The molecule has 7 aromatic carbocycles. The van der Waals surface area contributed by atoms with Crippen LogP contribution in [0, 0.1) is 0 Å². The second kappa shape index (κ2) is 10.4. The zero-order valence-corrected chi connectivity index (χ0v) is 26.2. The zero-order valence-electron chi connectivity index (χ0n) is 26.2. The van der Waals surface area contributed by atoms with Gasteiger partial charge in [-0.3, -0.25) is 0 Å². The van der Waals surface area contributed by atoms with E-state index in [9.17, 15) is 0 Å². The number of hydrogen-bond donors (Lipinski definition) is 0. The van der Waals surface area contributed by atoms with Gasteiger partial charge in [-0.2, -0.15) is 0 Å². The van der Waals surface area contributed by atoms with Crippen LogP contribution in [0.2, 0.25) is 0 Å². The van der Waals surface area contributed by atoms with Gasteiger partial charge < -0.3 is 4.90 Å². The SMILES string of the molecule is c1ccc(-c2ccc(N3c4ccccc4C4(c5ccccc5-c5c(-c6ccccc6)nc6ccccc6c54)c4ccccc43)cc2)cc1. The van der Waals surface area contributed by atoms with Crippen LogP contribution in [0.4, 0.5) is 17.1 Å². The highest BCUT2D eigenvalue weighted by atomic mass is 15.2. The summed E-state index contributed by atoms with van der Waals surface area (Å²) in [5.74, 6) is 0. The van der Waals surface area contributed by atoms with Gasteiger partial charge in [-0.1, -0.05) is 152 Å². The van der Waals surface area contributed by atoms with Crippen LogP contribution in [-0.4, -0.2) is 4.98 Å². The van der Waals surface area contributed by atoms with E-state index >= 15 is 0 Å². The smallest absolute Gasteiger partial charge is 0.0791 e. The van der Waals surface area contributed by atoms with Crippen molar-refractivity contribution < 1.29 is 0 Å². The molecule has 8 aromatic rings. The van der Waals surface area contributed by atoms with Crippen molar-refractivity contribution in [2.24, 2.45) is 0 Å². The molecule has 48 heavy (non-hydrogen) atoms. The van der Waals surface area contributed by atoms with E-state index < -0.39 is 5.41 Å². The van der Waals surface area contributed by atoms with Gasteiger partial charge in [0.1, 0.15) is 0 Å². The van der Waals surface area contributed by atoms with Crippen LogP contribution in [0.15, 0.2) is 182 Å². The van der Waals surface area contributed by atoms with E-state index in [-0.39, 0.29) is 0 Å². The molecule has 10 rings (SSSR count). The molecule has 2 nitrogen and oxygen atoms in total. The Bertz CT molecular complexity index is 2450. The first kappa shape index (κ1) is 26.9. The first-order chi connectivity index (χ1) is 23.8. The number of pyridine rings is 1. The fourth-order valence-corrected chi connectivity index (χ4v) is 8.35. The summed E-state index contributed by atoms with van der Waals surface area (Å²) in [5, 5.41) is 1.19. The maximum Gasteiger partial charge on any atom is 0.0791 e. The van der Waals surface area contributed by atoms with Gasteiger partial charge in [0, 0.05) is 22.2 Å². The maximum absolute atomic E-state index is 5.39. The van der Waals surface area contributed by atoms with Crippen LogP contribution < -0.4 is 4.90 Å². The predicted molar refractivity (Wildman–Crippen MR) is 198 cm³/mol. The van der Waals surface area contributed by atoms with E-state index in [2.05, 4.69) is 187 Å². The monoisotopic (exact) mass is 610 g/mol. The largest absolute Gasteiger partial charge is 0.310 e. The van der Waals surface area contributed by atoms with Crippen LogP contribution in [0.5, 0.6) is 0 Å².